The normalized spacial score (nSPS) is 28.1. The number of carboxylic acids is 1. The summed E-state index contributed by atoms with van der Waals surface area (Å²) in [5.74, 6) is -0.963. The van der Waals surface area contributed by atoms with E-state index < -0.39 is 16.9 Å². The number of rotatable bonds is 5. The maximum Gasteiger partial charge on any atom is 0.311 e. The quantitative estimate of drug-likeness (QED) is 0.689. The molecular weight excluding hydrogens is 232 g/mol. The predicted octanol–water partition coefficient (Wildman–Crippen LogP) is 1.13. The molecule has 0 spiro atoms. The summed E-state index contributed by atoms with van der Waals surface area (Å²) in [5.41, 5.74) is -1.51. The average Bonchev–Trinajstić information content (AvgIpc) is 2.61. The number of hydrogen-bond donors (Lipinski definition) is 3. The Morgan fingerprint density at radius 3 is 2.56 bits per heavy atom. The molecule has 104 valence electrons. The van der Waals surface area contributed by atoms with E-state index in [1.807, 2.05) is 6.92 Å². The molecule has 5 nitrogen and oxygen atoms in total. The van der Waals surface area contributed by atoms with Crippen molar-refractivity contribution >= 4 is 11.9 Å². The highest BCUT2D eigenvalue weighted by Gasteiger charge is 2.46. The molecule has 1 aliphatic rings. The fourth-order valence-corrected chi connectivity index (χ4v) is 2.51. The van der Waals surface area contributed by atoms with Crippen molar-refractivity contribution < 1.29 is 14.7 Å². The first-order valence-electron chi connectivity index (χ1n) is 6.53. The van der Waals surface area contributed by atoms with Crippen LogP contribution in [0.5, 0.6) is 0 Å². The maximum atomic E-state index is 12.2. The van der Waals surface area contributed by atoms with Gasteiger partial charge in [-0.1, -0.05) is 13.3 Å². The zero-order valence-corrected chi connectivity index (χ0v) is 11.7. The molecule has 1 aliphatic carbocycles. The van der Waals surface area contributed by atoms with Gasteiger partial charge in [-0.15, -0.1) is 0 Å². The number of aliphatic carboxylic acids is 1. The second kappa shape index (κ2) is 5.26. The summed E-state index contributed by atoms with van der Waals surface area (Å²) in [6.07, 6.45) is 2.20. The van der Waals surface area contributed by atoms with Crippen molar-refractivity contribution in [3.8, 4) is 0 Å². The predicted molar refractivity (Wildman–Crippen MR) is 69.3 cm³/mol. The van der Waals surface area contributed by atoms with Gasteiger partial charge in [0.1, 0.15) is 0 Å². The highest BCUT2D eigenvalue weighted by atomic mass is 16.4. The smallest absolute Gasteiger partial charge is 0.311 e. The summed E-state index contributed by atoms with van der Waals surface area (Å²) in [5, 5.41) is 15.3. The minimum absolute atomic E-state index is 0.135. The van der Waals surface area contributed by atoms with E-state index in [0.29, 0.717) is 13.0 Å². The number of carbonyl (C=O) groups is 2. The van der Waals surface area contributed by atoms with Gasteiger partial charge >= 0.3 is 5.97 Å². The Labute approximate surface area is 108 Å². The van der Waals surface area contributed by atoms with Crippen LogP contribution in [0.4, 0.5) is 0 Å². The Morgan fingerprint density at radius 1 is 1.44 bits per heavy atom. The third-order valence-electron chi connectivity index (χ3n) is 3.94. The first-order valence-corrected chi connectivity index (χ1v) is 6.53. The van der Waals surface area contributed by atoms with Crippen molar-refractivity contribution in [1.29, 1.82) is 0 Å². The lowest BCUT2D eigenvalue weighted by Gasteiger charge is -2.32. The molecular formula is C13H24N2O3. The molecule has 2 atom stereocenters. The zero-order valence-electron chi connectivity index (χ0n) is 11.7. The molecule has 0 aromatic carbocycles. The Bertz CT molecular complexity index is 341. The number of carboxylic acid groups (broad SMARTS) is 1. The van der Waals surface area contributed by atoms with E-state index in [1.165, 1.54) is 0 Å². The summed E-state index contributed by atoms with van der Waals surface area (Å²) < 4.78 is 0. The van der Waals surface area contributed by atoms with Gasteiger partial charge in [-0.05, 0) is 40.2 Å². The molecule has 1 amide bonds. The minimum Gasteiger partial charge on any atom is -0.481 e. The lowest BCUT2D eigenvalue weighted by atomic mass is 9.84. The molecule has 1 rings (SSSR count). The molecule has 0 aromatic heterocycles. The van der Waals surface area contributed by atoms with Gasteiger partial charge in [-0.3, -0.25) is 9.59 Å². The van der Waals surface area contributed by atoms with E-state index in [9.17, 15) is 14.7 Å². The van der Waals surface area contributed by atoms with Gasteiger partial charge in [-0.25, -0.2) is 0 Å². The van der Waals surface area contributed by atoms with Crippen LogP contribution in [0.1, 0.15) is 47.0 Å². The number of hydrogen-bond acceptors (Lipinski definition) is 3. The fraction of sp³-hybridized carbons (Fsp3) is 0.846. The second-order valence-electron chi connectivity index (χ2n) is 5.80. The topological polar surface area (TPSA) is 78.4 Å². The molecule has 1 fully saturated rings. The van der Waals surface area contributed by atoms with Crippen LogP contribution in [-0.4, -0.2) is 35.1 Å². The van der Waals surface area contributed by atoms with Crippen molar-refractivity contribution in [2.75, 3.05) is 6.54 Å². The van der Waals surface area contributed by atoms with E-state index in [1.54, 1.807) is 20.8 Å². The maximum absolute atomic E-state index is 12.2. The lowest BCUT2D eigenvalue weighted by Crippen LogP contribution is -2.57. The summed E-state index contributed by atoms with van der Waals surface area (Å²) >= 11 is 0. The molecule has 5 heteroatoms. The average molecular weight is 256 g/mol. The molecule has 1 saturated carbocycles. The summed E-state index contributed by atoms with van der Waals surface area (Å²) in [6, 6.07) is -0.277. The molecule has 0 aliphatic heterocycles. The number of likely N-dealkylation sites (N-methyl/N-ethyl adjacent to an activating group) is 1. The monoisotopic (exact) mass is 256 g/mol. The Hall–Kier alpha value is -1.10. The SMILES string of the molecule is CCNC(C)(C)C(=O)NC1CCCC1(C)C(=O)O. The van der Waals surface area contributed by atoms with E-state index >= 15 is 0 Å². The first kappa shape index (κ1) is 15.0. The van der Waals surface area contributed by atoms with Crippen molar-refractivity contribution in [2.45, 2.75) is 58.5 Å². The largest absolute Gasteiger partial charge is 0.481 e. The van der Waals surface area contributed by atoms with Crippen molar-refractivity contribution in [2.24, 2.45) is 5.41 Å². The Morgan fingerprint density at radius 2 is 2.06 bits per heavy atom. The number of carbonyl (C=O) groups excluding carboxylic acids is 1. The van der Waals surface area contributed by atoms with E-state index in [-0.39, 0.29) is 11.9 Å². The van der Waals surface area contributed by atoms with E-state index in [4.69, 9.17) is 0 Å². The molecule has 3 N–H and O–H groups in total. The molecule has 0 radical (unpaired) electrons. The lowest BCUT2D eigenvalue weighted by molar-refractivity contribution is -0.149. The fourth-order valence-electron chi connectivity index (χ4n) is 2.51. The highest BCUT2D eigenvalue weighted by molar-refractivity contribution is 5.86. The van der Waals surface area contributed by atoms with Gasteiger partial charge < -0.3 is 15.7 Å². The van der Waals surface area contributed by atoms with Gasteiger partial charge in [0.15, 0.2) is 0 Å². The Kier molecular flexibility index (Phi) is 4.37. The number of nitrogens with one attached hydrogen (secondary N) is 2. The third kappa shape index (κ3) is 2.83. The molecule has 0 heterocycles. The van der Waals surface area contributed by atoms with Crippen LogP contribution in [-0.2, 0) is 9.59 Å². The first-order chi connectivity index (χ1) is 8.24. The minimum atomic E-state index is -0.835. The van der Waals surface area contributed by atoms with Gasteiger partial charge in [-0.2, -0.15) is 0 Å². The van der Waals surface area contributed by atoms with Crippen LogP contribution in [0.25, 0.3) is 0 Å². The standard InChI is InChI=1S/C13H24N2O3/c1-5-14-12(2,3)10(16)15-9-7-6-8-13(9,4)11(17)18/h9,14H,5-8H2,1-4H3,(H,15,16)(H,17,18). The zero-order chi connectivity index (χ0) is 14.0. The van der Waals surface area contributed by atoms with Crippen molar-refractivity contribution in [3.05, 3.63) is 0 Å². The molecule has 0 aromatic rings. The van der Waals surface area contributed by atoms with Gasteiger partial charge in [0.05, 0.1) is 11.0 Å². The summed E-state index contributed by atoms with van der Waals surface area (Å²) in [6.45, 7) is 7.96. The number of amides is 1. The molecule has 0 saturated heterocycles. The summed E-state index contributed by atoms with van der Waals surface area (Å²) in [7, 11) is 0. The van der Waals surface area contributed by atoms with E-state index in [2.05, 4.69) is 10.6 Å². The summed E-state index contributed by atoms with van der Waals surface area (Å²) in [4.78, 5) is 23.5. The van der Waals surface area contributed by atoms with Crippen LogP contribution in [0.15, 0.2) is 0 Å². The van der Waals surface area contributed by atoms with Crippen LogP contribution in [0.3, 0.4) is 0 Å². The third-order valence-corrected chi connectivity index (χ3v) is 3.94. The van der Waals surface area contributed by atoms with Crippen molar-refractivity contribution in [3.63, 3.8) is 0 Å². The molecule has 2 unspecified atom stereocenters. The van der Waals surface area contributed by atoms with Gasteiger partial charge in [0, 0.05) is 6.04 Å². The van der Waals surface area contributed by atoms with Crippen LogP contribution >= 0.6 is 0 Å². The van der Waals surface area contributed by atoms with E-state index in [0.717, 1.165) is 12.8 Å². The highest BCUT2D eigenvalue weighted by Crippen LogP contribution is 2.38. The van der Waals surface area contributed by atoms with Gasteiger partial charge in [0.2, 0.25) is 5.91 Å². The molecule has 18 heavy (non-hydrogen) atoms. The van der Waals surface area contributed by atoms with Crippen LogP contribution < -0.4 is 10.6 Å². The Balaban J connectivity index is 2.73. The van der Waals surface area contributed by atoms with Crippen molar-refractivity contribution in [1.82, 2.24) is 10.6 Å². The van der Waals surface area contributed by atoms with Crippen LogP contribution in [0, 0.1) is 5.41 Å². The van der Waals surface area contributed by atoms with Gasteiger partial charge in [0.25, 0.3) is 0 Å². The van der Waals surface area contributed by atoms with Crippen LogP contribution in [0.2, 0.25) is 0 Å². The second-order valence-corrected chi connectivity index (χ2v) is 5.80. The molecule has 0 bridgehead atoms.